The van der Waals surface area contributed by atoms with Crippen molar-refractivity contribution in [3.63, 3.8) is 0 Å². The fourth-order valence-corrected chi connectivity index (χ4v) is 4.72. The van der Waals surface area contributed by atoms with E-state index < -0.39 is 10.0 Å². The Hall–Kier alpha value is -0.920. The van der Waals surface area contributed by atoms with E-state index in [9.17, 15) is 8.42 Å². The first-order chi connectivity index (χ1) is 9.38. The van der Waals surface area contributed by atoms with Crippen LogP contribution in [0.1, 0.15) is 19.9 Å². The molecule has 112 valence electrons. The van der Waals surface area contributed by atoms with Crippen LogP contribution in [0.15, 0.2) is 17.6 Å². The minimum absolute atomic E-state index is 0.180. The maximum Gasteiger partial charge on any atom is 0.262 e. The molecule has 7 heteroatoms. The highest BCUT2D eigenvalue weighted by Gasteiger charge is 2.43. The van der Waals surface area contributed by atoms with E-state index in [0.717, 1.165) is 13.1 Å². The van der Waals surface area contributed by atoms with Gasteiger partial charge in [0.2, 0.25) is 0 Å². The molecule has 0 bridgehead atoms. The standard InChI is InChI=1S/C13H22N4O2S/c1-10(2)16-8-13(14-9-16)20(18,19)17-6-11-4-15(3)5-12(11)7-17/h8-12H,4-7H2,1-3H3. The molecule has 2 aliphatic heterocycles. The Balaban J connectivity index is 1.79. The molecule has 3 heterocycles. The zero-order valence-electron chi connectivity index (χ0n) is 12.2. The number of nitrogens with zero attached hydrogens (tertiary/aromatic N) is 4. The van der Waals surface area contributed by atoms with Crippen LogP contribution in [0.5, 0.6) is 0 Å². The second kappa shape index (κ2) is 4.82. The van der Waals surface area contributed by atoms with Gasteiger partial charge in [0.25, 0.3) is 10.0 Å². The maximum atomic E-state index is 12.6. The summed E-state index contributed by atoms with van der Waals surface area (Å²) in [7, 11) is -1.33. The molecule has 0 aliphatic carbocycles. The van der Waals surface area contributed by atoms with E-state index in [1.165, 1.54) is 0 Å². The van der Waals surface area contributed by atoms with Crippen molar-refractivity contribution < 1.29 is 8.42 Å². The Morgan fingerprint density at radius 1 is 1.20 bits per heavy atom. The van der Waals surface area contributed by atoms with E-state index in [1.807, 2.05) is 18.4 Å². The molecule has 2 saturated heterocycles. The molecule has 1 aromatic rings. The first-order valence-corrected chi connectivity index (χ1v) is 8.54. The van der Waals surface area contributed by atoms with E-state index in [2.05, 4.69) is 16.9 Å². The molecular formula is C13H22N4O2S. The van der Waals surface area contributed by atoms with Crippen LogP contribution in [0.3, 0.4) is 0 Å². The molecule has 0 aromatic carbocycles. The second-order valence-corrected chi connectivity index (χ2v) is 8.20. The second-order valence-electron chi connectivity index (χ2n) is 6.32. The van der Waals surface area contributed by atoms with Gasteiger partial charge in [0.1, 0.15) is 0 Å². The number of imidazole rings is 1. The smallest absolute Gasteiger partial charge is 0.262 e. The molecule has 20 heavy (non-hydrogen) atoms. The minimum Gasteiger partial charge on any atom is -0.334 e. The quantitative estimate of drug-likeness (QED) is 0.822. The molecule has 3 rings (SSSR count). The third kappa shape index (κ3) is 2.27. The van der Waals surface area contributed by atoms with Crippen molar-refractivity contribution in [1.82, 2.24) is 18.8 Å². The van der Waals surface area contributed by atoms with Crippen molar-refractivity contribution >= 4 is 10.0 Å². The summed E-state index contributed by atoms with van der Waals surface area (Å²) >= 11 is 0. The monoisotopic (exact) mass is 298 g/mol. The van der Waals surface area contributed by atoms with E-state index in [4.69, 9.17) is 0 Å². The van der Waals surface area contributed by atoms with Gasteiger partial charge in [-0.15, -0.1) is 0 Å². The van der Waals surface area contributed by atoms with Crippen LogP contribution in [-0.2, 0) is 10.0 Å². The van der Waals surface area contributed by atoms with Crippen molar-refractivity contribution in [2.24, 2.45) is 11.8 Å². The Morgan fingerprint density at radius 3 is 2.30 bits per heavy atom. The zero-order chi connectivity index (χ0) is 14.5. The average molecular weight is 298 g/mol. The first kappa shape index (κ1) is 14.0. The summed E-state index contributed by atoms with van der Waals surface area (Å²) in [6.45, 7) is 7.27. The van der Waals surface area contributed by atoms with Crippen molar-refractivity contribution in [3.8, 4) is 0 Å². The molecule has 0 radical (unpaired) electrons. The summed E-state index contributed by atoms with van der Waals surface area (Å²) in [5.74, 6) is 0.948. The molecule has 2 aliphatic rings. The van der Waals surface area contributed by atoms with Gasteiger partial charge in [-0.3, -0.25) is 0 Å². The highest BCUT2D eigenvalue weighted by molar-refractivity contribution is 7.89. The topological polar surface area (TPSA) is 58.4 Å². The van der Waals surface area contributed by atoms with Crippen LogP contribution in [0.25, 0.3) is 0 Å². The molecular weight excluding hydrogens is 276 g/mol. The van der Waals surface area contributed by atoms with Gasteiger partial charge in [-0.1, -0.05) is 0 Å². The highest BCUT2D eigenvalue weighted by atomic mass is 32.2. The van der Waals surface area contributed by atoms with E-state index in [-0.39, 0.29) is 11.1 Å². The Morgan fingerprint density at radius 2 is 1.80 bits per heavy atom. The number of hydrogen-bond donors (Lipinski definition) is 0. The lowest BCUT2D eigenvalue weighted by Crippen LogP contribution is -2.32. The molecule has 0 saturated carbocycles. The van der Waals surface area contributed by atoms with Crippen molar-refractivity contribution in [3.05, 3.63) is 12.5 Å². The lowest BCUT2D eigenvalue weighted by atomic mass is 10.0. The summed E-state index contributed by atoms with van der Waals surface area (Å²) in [5, 5.41) is 0.180. The van der Waals surface area contributed by atoms with Gasteiger partial charge in [-0.05, 0) is 32.7 Å². The number of hydrogen-bond acceptors (Lipinski definition) is 4. The summed E-state index contributed by atoms with van der Waals surface area (Å²) < 4.78 is 28.7. The van der Waals surface area contributed by atoms with Gasteiger partial charge in [-0.25, -0.2) is 13.4 Å². The molecule has 0 N–H and O–H groups in total. The van der Waals surface area contributed by atoms with Crippen LogP contribution < -0.4 is 0 Å². The van der Waals surface area contributed by atoms with Crippen molar-refractivity contribution in [2.45, 2.75) is 24.9 Å². The van der Waals surface area contributed by atoms with Gasteiger partial charge in [-0.2, -0.15) is 4.31 Å². The Bertz CT molecular complexity index is 581. The van der Waals surface area contributed by atoms with E-state index in [1.54, 1.807) is 16.8 Å². The third-order valence-corrected chi connectivity index (χ3v) is 6.13. The van der Waals surface area contributed by atoms with Crippen LogP contribution in [0, 0.1) is 11.8 Å². The molecule has 6 nitrogen and oxygen atoms in total. The molecule has 2 fully saturated rings. The van der Waals surface area contributed by atoms with Gasteiger partial charge in [0.15, 0.2) is 5.03 Å². The predicted molar refractivity (Wildman–Crippen MR) is 75.8 cm³/mol. The minimum atomic E-state index is -3.43. The van der Waals surface area contributed by atoms with Gasteiger partial charge >= 0.3 is 0 Å². The number of likely N-dealkylation sites (tertiary alicyclic amines) is 1. The molecule has 0 spiro atoms. The molecule has 2 unspecified atom stereocenters. The first-order valence-electron chi connectivity index (χ1n) is 7.10. The molecule has 2 atom stereocenters. The SMILES string of the molecule is CC(C)n1cnc(S(=O)(=O)N2CC3CN(C)CC3C2)c1. The number of aromatic nitrogens is 2. The van der Waals surface area contributed by atoms with Crippen LogP contribution in [-0.4, -0.2) is 60.4 Å². The fraction of sp³-hybridized carbons (Fsp3) is 0.769. The van der Waals surface area contributed by atoms with E-state index in [0.29, 0.717) is 24.9 Å². The number of fused-ring (bicyclic) bond motifs is 1. The van der Waals surface area contributed by atoms with E-state index >= 15 is 0 Å². The lowest BCUT2D eigenvalue weighted by molar-refractivity contribution is 0.349. The lowest BCUT2D eigenvalue weighted by Gasteiger charge is -2.17. The highest BCUT2D eigenvalue weighted by Crippen LogP contribution is 2.33. The Kier molecular flexibility index (Phi) is 3.38. The van der Waals surface area contributed by atoms with Gasteiger partial charge < -0.3 is 9.47 Å². The van der Waals surface area contributed by atoms with Crippen molar-refractivity contribution in [2.75, 3.05) is 33.2 Å². The van der Waals surface area contributed by atoms with Crippen molar-refractivity contribution in [1.29, 1.82) is 0 Å². The summed E-state index contributed by atoms with van der Waals surface area (Å²) in [4.78, 5) is 6.37. The third-order valence-electron chi connectivity index (χ3n) is 4.41. The summed E-state index contributed by atoms with van der Waals surface area (Å²) in [5.41, 5.74) is 0. The number of rotatable bonds is 3. The normalized spacial score (nSPS) is 28.4. The summed E-state index contributed by atoms with van der Waals surface area (Å²) in [6, 6.07) is 0.220. The van der Waals surface area contributed by atoms with Gasteiger partial charge in [0.05, 0.1) is 6.33 Å². The van der Waals surface area contributed by atoms with Crippen LogP contribution in [0.2, 0.25) is 0 Å². The molecule has 0 amide bonds. The largest absolute Gasteiger partial charge is 0.334 e. The molecule has 1 aromatic heterocycles. The predicted octanol–water partition coefficient (Wildman–Crippen LogP) is 0.646. The Labute approximate surface area is 120 Å². The van der Waals surface area contributed by atoms with Crippen LogP contribution in [0.4, 0.5) is 0 Å². The van der Waals surface area contributed by atoms with Gasteiger partial charge in [0, 0.05) is 38.4 Å². The van der Waals surface area contributed by atoms with Crippen LogP contribution >= 0.6 is 0 Å². The fourth-order valence-electron chi connectivity index (χ4n) is 3.25. The number of sulfonamides is 1. The average Bonchev–Trinajstić information content (AvgIpc) is 3.00. The summed E-state index contributed by atoms with van der Waals surface area (Å²) in [6.07, 6.45) is 3.24. The zero-order valence-corrected chi connectivity index (χ0v) is 13.0. The maximum absolute atomic E-state index is 12.6.